The van der Waals surface area contributed by atoms with E-state index >= 15 is 0 Å². The molecule has 1 aromatic carbocycles. The molecule has 0 radical (unpaired) electrons. The number of allylic oxidation sites excluding steroid dienone is 2. The van der Waals surface area contributed by atoms with Crippen molar-refractivity contribution < 1.29 is 19.4 Å². The first-order valence-electron chi connectivity index (χ1n) is 8.47. The molecule has 9 heteroatoms. The standard InChI is InChI=1S/C18H15N3O6/c1-27-15(24)18(14(22)23)12-10-7-8-11(13(12)18)21-17(26)19(16(25)20(10)21)9-5-3-2-4-6-9/h2-8,10-13H,1H3,(H,22,23)/t10-,11+,12+,13-,18?. The molecule has 3 heterocycles. The zero-order valence-corrected chi connectivity index (χ0v) is 14.2. The molecule has 9 nitrogen and oxygen atoms in total. The highest BCUT2D eigenvalue weighted by Gasteiger charge is 2.82. The van der Waals surface area contributed by atoms with Crippen LogP contribution in [0.15, 0.2) is 52.1 Å². The number of nitrogens with zero attached hydrogens (tertiary/aromatic N) is 3. The maximum Gasteiger partial charge on any atom is 0.352 e. The summed E-state index contributed by atoms with van der Waals surface area (Å²) >= 11 is 0. The Hall–Kier alpha value is -3.36. The predicted molar refractivity (Wildman–Crippen MR) is 90.6 cm³/mol. The second-order valence-corrected chi connectivity index (χ2v) is 7.01. The monoisotopic (exact) mass is 369 g/mol. The summed E-state index contributed by atoms with van der Waals surface area (Å²) in [7, 11) is 1.14. The Morgan fingerprint density at radius 2 is 1.52 bits per heavy atom. The van der Waals surface area contributed by atoms with E-state index < -0.39 is 52.7 Å². The van der Waals surface area contributed by atoms with E-state index in [1.807, 2.05) is 0 Å². The van der Waals surface area contributed by atoms with Crippen LogP contribution in [0.5, 0.6) is 0 Å². The number of aromatic nitrogens is 3. The van der Waals surface area contributed by atoms with E-state index in [1.54, 1.807) is 42.5 Å². The number of esters is 1. The van der Waals surface area contributed by atoms with Crippen LogP contribution in [0, 0.1) is 17.3 Å². The first-order chi connectivity index (χ1) is 13.0. The molecule has 2 aliphatic carbocycles. The molecule has 138 valence electrons. The van der Waals surface area contributed by atoms with Crippen molar-refractivity contribution in [3.63, 3.8) is 0 Å². The highest BCUT2D eigenvalue weighted by molar-refractivity contribution is 6.04. The van der Waals surface area contributed by atoms with Crippen molar-refractivity contribution in [1.29, 1.82) is 0 Å². The maximum absolute atomic E-state index is 13.0. The zero-order chi connectivity index (χ0) is 19.1. The molecule has 2 bridgehead atoms. The van der Waals surface area contributed by atoms with Crippen molar-refractivity contribution in [3.8, 4) is 5.69 Å². The molecule has 1 saturated carbocycles. The fourth-order valence-electron chi connectivity index (χ4n) is 4.97. The SMILES string of the molecule is COC(=O)C1(C(=O)O)[C@@H]2[C@H]1[C@@H]1C=C[C@H]2n2c(=O)n(-c3ccccc3)c(=O)n21. The van der Waals surface area contributed by atoms with Gasteiger partial charge >= 0.3 is 23.3 Å². The van der Waals surface area contributed by atoms with E-state index in [0.29, 0.717) is 5.69 Å². The van der Waals surface area contributed by atoms with Gasteiger partial charge in [0.1, 0.15) is 0 Å². The average Bonchev–Trinajstić information content (AvgIpc) is 3.34. The van der Waals surface area contributed by atoms with Crippen LogP contribution < -0.4 is 11.4 Å². The molecule has 6 rings (SSSR count). The molecule has 5 atom stereocenters. The summed E-state index contributed by atoms with van der Waals surface area (Å²) in [6, 6.07) is 7.14. The van der Waals surface area contributed by atoms with Crippen LogP contribution in [0.1, 0.15) is 12.1 Å². The number of carbonyl (C=O) groups is 2. The Labute approximate surface area is 151 Å². The molecule has 2 aromatic rings. The molecule has 1 N–H and O–H groups in total. The van der Waals surface area contributed by atoms with Crippen LogP contribution in [0.3, 0.4) is 0 Å². The number of carboxylic acids is 1. The smallest absolute Gasteiger partial charge is 0.352 e. The summed E-state index contributed by atoms with van der Waals surface area (Å²) < 4.78 is 8.37. The molecule has 0 spiro atoms. The number of carbonyl (C=O) groups excluding carboxylic acids is 1. The third-order valence-electron chi connectivity index (χ3n) is 6.03. The fraction of sp³-hybridized carbons (Fsp3) is 0.333. The molecule has 0 saturated heterocycles. The lowest BCUT2D eigenvalue weighted by molar-refractivity contribution is -0.161. The highest BCUT2D eigenvalue weighted by atomic mass is 16.5. The summed E-state index contributed by atoms with van der Waals surface area (Å²) in [5.74, 6) is -3.38. The number of para-hydroxylation sites is 1. The summed E-state index contributed by atoms with van der Waals surface area (Å²) in [5.41, 5.74) is -2.41. The first-order valence-corrected chi connectivity index (χ1v) is 8.47. The first kappa shape index (κ1) is 15.9. The summed E-state index contributed by atoms with van der Waals surface area (Å²) in [6.07, 6.45) is 3.41. The Kier molecular flexibility index (Phi) is 2.86. The number of hydrogen-bond acceptors (Lipinski definition) is 5. The van der Waals surface area contributed by atoms with Gasteiger partial charge in [0.05, 0.1) is 24.9 Å². The molecule has 1 fully saturated rings. The van der Waals surface area contributed by atoms with Crippen LogP contribution in [0.25, 0.3) is 5.69 Å². The average molecular weight is 369 g/mol. The van der Waals surface area contributed by atoms with Crippen molar-refractivity contribution in [2.45, 2.75) is 12.1 Å². The second-order valence-electron chi connectivity index (χ2n) is 7.01. The van der Waals surface area contributed by atoms with Crippen molar-refractivity contribution in [1.82, 2.24) is 13.9 Å². The Morgan fingerprint density at radius 3 is 1.96 bits per heavy atom. The van der Waals surface area contributed by atoms with E-state index in [9.17, 15) is 24.3 Å². The number of aliphatic carboxylic acids is 1. The maximum atomic E-state index is 13.0. The van der Waals surface area contributed by atoms with Gasteiger partial charge in [0.25, 0.3) is 0 Å². The number of carboxylic acid groups (broad SMARTS) is 1. The molecule has 1 unspecified atom stereocenters. The van der Waals surface area contributed by atoms with E-state index in [0.717, 1.165) is 11.7 Å². The number of benzene rings is 1. The third-order valence-corrected chi connectivity index (χ3v) is 6.03. The normalized spacial score (nSPS) is 31.9. The van der Waals surface area contributed by atoms with Gasteiger partial charge in [-0.3, -0.25) is 9.59 Å². The van der Waals surface area contributed by atoms with Crippen molar-refractivity contribution in [2.24, 2.45) is 17.3 Å². The van der Waals surface area contributed by atoms with Crippen LogP contribution in [-0.2, 0) is 14.3 Å². The Bertz CT molecular complexity index is 1090. The van der Waals surface area contributed by atoms with Gasteiger partial charge < -0.3 is 9.84 Å². The minimum atomic E-state index is -1.74. The third kappa shape index (κ3) is 1.60. The predicted octanol–water partition coefficient (Wildman–Crippen LogP) is -0.0437. The van der Waals surface area contributed by atoms with Gasteiger partial charge in [0.15, 0.2) is 5.41 Å². The van der Waals surface area contributed by atoms with Crippen molar-refractivity contribution in [3.05, 3.63) is 63.5 Å². The van der Waals surface area contributed by atoms with Crippen molar-refractivity contribution >= 4 is 11.9 Å². The number of hydrogen-bond donors (Lipinski definition) is 1. The number of rotatable bonds is 3. The van der Waals surface area contributed by atoms with Crippen LogP contribution in [-0.4, -0.2) is 38.1 Å². The Morgan fingerprint density at radius 1 is 1.00 bits per heavy atom. The fourth-order valence-corrected chi connectivity index (χ4v) is 4.97. The number of ether oxygens (including phenoxy) is 1. The van der Waals surface area contributed by atoms with E-state index in [4.69, 9.17) is 4.74 Å². The number of methoxy groups -OCH3 is 1. The second kappa shape index (κ2) is 4.87. The van der Waals surface area contributed by atoms with Gasteiger partial charge in [-0.25, -0.2) is 23.5 Å². The lowest BCUT2D eigenvalue weighted by Crippen LogP contribution is -2.40. The van der Waals surface area contributed by atoms with Gasteiger partial charge in [-0.05, 0) is 12.1 Å². The molecule has 2 aliphatic heterocycles. The zero-order valence-electron chi connectivity index (χ0n) is 14.2. The molecule has 1 aromatic heterocycles. The molecular weight excluding hydrogens is 354 g/mol. The van der Waals surface area contributed by atoms with E-state index in [2.05, 4.69) is 0 Å². The Balaban J connectivity index is 1.72. The minimum absolute atomic E-state index is 0.437. The van der Waals surface area contributed by atoms with Gasteiger partial charge in [0, 0.05) is 11.8 Å². The van der Waals surface area contributed by atoms with E-state index in [-0.39, 0.29) is 0 Å². The van der Waals surface area contributed by atoms with Gasteiger partial charge in [-0.2, -0.15) is 0 Å². The van der Waals surface area contributed by atoms with Crippen LogP contribution in [0.4, 0.5) is 0 Å². The highest BCUT2D eigenvalue weighted by Crippen LogP contribution is 2.72. The van der Waals surface area contributed by atoms with Crippen LogP contribution >= 0.6 is 0 Å². The molecule has 0 amide bonds. The summed E-state index contributed by atoms with van der Waals surface area (Å²) in [6.45, 7) is 0. The summed E-state index contributed by atoms with van der Waals surface area (Å²) in [5, 5.41) is 9.78. The van der Waals surface area contributed by atoms with E-state index in [1.165, 1.54) is 9.36 Å². The summed E-state index contributed by atoms with van der Waals surface area (Å²) in [4.78, 5) is 50.4. The van der Waals surface area contributed by atoms with Crippen molar-refractivity contribution in [2.75, 3.05) is 7.11 Å². The largest absolute Gasteiger partial charge is 0.480 e. The quantitative estimate of drug-likeness (QED) is 0.461. The molecule has 27 heavy (non-hydrogen) atoms. The van der Waals surface area contributed by atoms with Gasteiger partial charge in [0.2, 0.25) is 0 Å². The lowest BCUT2D eigenvalue weighted by atomic mass is 9.96. The van der Waals surface area contributed by atoms with Gasteiger partial charge in [-0.15, -0.1) is 0 Å². The minimum Gasteiger partial charge on any atom is -0.480 e. The van der Waals surface area contributed by atoms with Crippen LogP contribution in [0.2, 0.25) is 0 Å². The topological polar surface area (TPSA) is 113 Å². The van der Waals surface area contributed by atoms with Gasteiger partial charge in [-0.1, -0.05) is 30.4 Å². The lowest BCUT2D eigenvalue weighted by Gasteiger charge is -2.31. The molecular formula is C18H15N3O6. The molecule has 4 aliphatic rings.